The van der Waals surface area contributed by atoms with Crippen LogP contribution < -0.4 is 19.1 Å². The van der Waals surface area contributed by atoms with Crippen LogP contribution in [0.2, 0.25) is 10.0 Å². The number of hydrogen-bond donors (Lipinski definition) is 1. The number of carbonyl (C=O) groups is 2. The predicted molar refractivity (Wildman–Crippen MR) is 158 cm³/mol. The average molecular weight is 621 g/mol. The van der Waals surface area contributed by atoms with Gasteiger partial charge in [-0.15, -0.1) is 0 Å². The van der Waals surface area contributed by atoms with Crippen molar-refractivity contribution in [2.24, 2.45) is 0 Å². The molecule has 4 rings (SSSR count). The summed E-state index contributed by atoms with van der Waals surface area (Å²) >= 11 is 12.8. The van der Waals surface area contributed by atoms with Gasteiger partial charge in [-0.05, 0) is 57.2 Å². The fourth-order valence-electron chi connectivity index (χ4n) is 4.28. The van der Waals surface area contributed by atoms with Crippen LogP contribution in [-0.4, -0.2) is 57.0 Å². The highest BCUT2D eigenvalue weighted by Gasteiger charge is 2.33. The highest BCUT2D eigenvalue weighted by molar-refractivity contribution is 7.92. The molecule has 0 spiro atoms. The number of sulfonamides is 1. The van der Waals surface area contributed by atoms with E-state index in [2.05, 4.69) is 5.32 Å². The first-order valence-electron chi connectivity index (χ1n) is 13.0. The second-order valence-electron chi connectivity index (χ2n) is 9.71. The molecule has 1 heterocycles. The maximum Gasteiger partial charge on any atom is 0.264 e. The van der Waals surface area contributed by atoms with Crippen LogP contribution >= 0.6 is 23.2 Å². The minimum atomic E-state index is -4.23. The molecule has 0 saturated carbocycles. The van der Waals surface area contributed by atoms with Crippen LogP contribution in [0.4, 0.5) is 5.69 Å². The highest BCUT2D eigenvalue weighted by atomic mass is 35.5. The van der Waals surface area contributed by atoms with Crippen molar-refractivity contribution in [1.82, 2.24) is 10.2 Å². The fraction of sp³-hybridized carbons (Fsp3) is 0.310. The number of nitrogens with one attached hydrogen (secondary N) is 1. The van der Waals surface area contributed by atoms with Gasteiger partial charge in [-0.2, -0.15) is 0 Å². The van der Waals surface area contributed by atoms with Crippen molar-refractivity contribution in [3.05, 3.63) is 82.3 Å². The Labute approximate surface area is 250 Å². The summed E-state index contributed by atoms with van der Waals surface area (Å²) in [4.78, 5) is 28.4. The van der Waals surface area contributed by atoms with E-state index < -0.39 is 34.4 Å². The van der Waals surface area contributed by atoms with Gasteiger partial charge in [0.25, 0.3) is 10.0 Å². The standard InChI is InChI=1S/C29H31Cl2N3O6S/c1-19(2)32-29(36)20(3)33(17-23-24(30)10-7-11-25(23)31)28(35)18-34(41(37,38)22-8-5-4-6-9-22)21-12-13-26-27(16-21)40-15-14-39-26/h4-13,16,19-20H,14-15,17-18H2,1-3H3,(H,32,36)/t20-/m0/s1. The van der Waals surface area contributed by atoms with Gasteiger partial charge in [-0.3, -0.25) is 13.9 Å². The van der Waals surface area contributed by atoms with Crippen LogP contribution in [0, 0.1) is 0 Å². The lowest BCUT2D eigenvalue weighted by molar-refractivity contribution is -0.139. The molecule has 9 nitrogen and oxygen atoms in total. The van der Waals surface area contributed by atoms with E-state index in [1.54, 1.807) is 69.3 Å². The molecule has 1 atom stereocenters. The molecule has 0 unspecified atom stereocenters. The second-order valence-corrected chi connectivity index (χ2v) is 12.4. The number of halogens is 2. The topological polar surface area (TPSA) is 105 Å². The van der Waals surface area contributed by atoms with Gasteiger partial charge < -0.3 is 19.7 Å². The molecule has 0 aromatic heterocycles. The van der Waals surface area contributed by atoms with Crippen molar-refractivity contribution in [3.8, 4) is 11.5 Å². The van der Waals surface area contributed by atoms with Gasteiger partial charge in [-0.25, -0.2) is 8.42 Å². The number of amides is 2. The van der Waals surface area contributed by atoms with Crippen LogP contribution in [-0.2, 0) is 26.2 Å². The van der Waals surface area contributed by atoms with E-state index in [0.29, 0.717) is 40.3 Å². The largest absolute Gasteiger partial charge is 0.486 e. The molecule has 0 aliphatic carbocycles. The zero-order valence-corrected chi connectivity index (χ0v) is 25.2. The molecular weight excluding hydrogens is 589 g/mol. The van der Waals surface area contributed by atoms with Crippen molar-refractivity contribution < 1.29 is 27.5 Å². The Kier molecular flexibility index (Phi) is 9.68. The molecule has 218 valence electrons. The normalized spacial score (nSPS) is 13.4. The van der Waals surface area contributed by atoms with Crippen molar-refractivity contribution in [2.45, 2.75) is 44.3 Å². The molecule has 12 heteroatoms. The molecule has 1 aliphatic rings. The zero-order valence-electron chi connectivity index (χ0n) is 22.8. The van der Waals surface area contributed by atoms with Crippen LogP contribution in [0.5, 0.6) is 11.5 Å². The third kappa shape index (κ3) is 7.06. The summed E-state index contributed by atoms with van der Waals surface area (Å²) in [6, 6.07) is 16.2. The second kappa shape index (κ2) is 13.0. The Hall–Kier alpha value is -3.47. The van der Waals surface area contributed by atoms with Crippen molar-refractivity contribution in [3.63, 3.8) is 0 Å². The first-order chi connectivity index (χ1) is 19.5. The molecule has 3 aromatic carbocycles. The van der Waals surface area contributed by atoms with Crippen molar-refractivity contribution >= 4 is 50.7 Å². The molecule has 41 heavy (non-hydrogen) atoms. The first-order valence-corrected chi connectivity index (χ1v) is 15.2. The lowest BCUT2D eigenvalue weighted by atomic mass is 10.1. The SMILES string of the molecule is CC(C)NC(=O)[C@H](C)N(Cc1c(Cl)cccc1Cl)C(=O)CN(c1ccc2c(c1)OCCO2)S(=O)(=O)c1ccccc1. The monoisotopic (exact) mass is 619 g/mol. The van der Waals surface area contributed by atoms with Gasteiger partial charge in [0.05, 0.1) is 10.6 Å². The average Bonchev–Trinajstić information content (AvgIpc) is 2.95. The van der Waals surface area contributed by atoms with Crippen LogP contribution in [0.25, 0.3) is 0 Å². The molecule has 0 saturated heterocycles. The third-order valence-electron chi connectivity index (χ3n) is 6.41. The molecule has 2 amide bonds. The third-order valence-corrected chi connectivity index (χ3v) is 8.91. The Morgan fingerprint density at radius 1 is 0.902 bits per heavy atom. The summed E-state index contributed by atoms with van der Waals surface area (Å²) in [5.74, 6) is -0.216. The van der Waals surface area contributed by atoms with E-state index in [0.717, 1.165) is 4.31 Å². The summed E-state index contributed by atoms with van der Waals surface area (Å²) in [5, 5.41) is 3.43. The molecule has 1 aliphatic heterocycles. The van der Waals surface area contributed by atoms with E-state index >= 15 is 0 Å². The highest BCUT2D eigenvalue weighted by Crippen LogP contribution is 2.36. The molecule has 3 aromatic rings. The number of nitrogens with zero attached hydrogens (tertiary/aromatic N) is 2. The number of fused-ring (bicyclic) bond motifs is 1. The lowest BCUT2D eigenvalue weighted by Gasteiger charge is -2.33. The Morgan fingerprint density at radius 3 is 2.17 bits per heavy atom. The van der Waals surface area contributed by atoms with Crippen LogP contribution in [0.1, 0.15) is 26.3 Å². The lowest BCUT2D eigenvalue weighted by Crippen LogP contribution is -2.52. The van der Waals surface area contributed by atoms with Gasteiger partial charge in [0, 0.05) is 34.3 Å². The minimum Gasteiger partial charge on any atom is -0.486 e. The van der Waals surface area contributed by atoms with Gasteiger partial charge in [-0.1, -0.05) is 47.5 Å². The van der Waals surface area contributed by atoms with Crippen LogP contribution in [0.3, 0.4) is 0 Å². The smallest absolute Gasteiger partial charge is 0.264 e. The number of benzene rings is 3. The van der Waals surface area contributed by atoms with E-state index in [1.165, 1.54) is 23.1 Å². The fourth-order valence-corrected chi connectivity index (χ4v) is 6.22. The summed E-state index contributed by atoms with van der Waals surface area (Å²) < 4.78 is 40.1. The molecule has 1 N–H and O–H groups in total. The quantitative estimate of drug-likeness (QED) is 0.346. The first kappa shape index (κ1) is 30.5. The number of ether oxygens (including phenoxy) is 2. The van der Waals surface area contributed by atoms with Crippen molar-refractivity contribution in [2.75, 3.05) is 24.1 Å². The van der Waals surface area contributed by atoms with Gasteiger partial charge >= 0.3 is 0 Å². The van der Waals surface area contributed by atoms with Gasteiger partial charge in [0.15, 0.2) is 11.5 Å². The van der Waals surface area contributed by atoms with Crippen molar-refractivity contribution in [1.29, 1.82) is 0 Å². The van der Waals surface area contributed by atoms with E-state index in [-0.39, 0.29) is 23.2 Å². The Balaban J connectivity index is 1.76. The summed E-state index contributed by atoms with van der Waals surface area (Å²) in [5.41, 5.74) is 0.631. The summed E-state index contributed by atoms with van der Waals surface area (Å²) in [6.45, 7) is 5.11. The summed E-state index contributed by atoms with van der Waals surface area (Å²) in [7, 11) is -4.23. The van der Waals surface area contributed by atoms with E-state index in [1.807, 2.05) is 0 Å². The molecular formula is C29H31Cl2N3O6S. The van der Waals surface area contributed by atoms with Gasteiger partial charge in [0.1, 0.15) is 25.8 Å². The minimum absolute atomic E-state index is 0.00557. The predicted octanol–water partition coefficient (Wildman–Crippen LogP) is 4.90. The van der Waals surface area contributed by atoms with E-state index in [4.69, 9.17) is 32.7 Å². The zero-order chi connectivity index (χ0) is 29.7. The number of carbonyl (C=O) groups excluding carboxylic acids is 2. The number of anilines is 1. The molecule has 0 bridgehead atoms. The summed E-state index contributed by atoms with van der Waals surface area (Å²) in [6.07, 6.45) is 0. The molecule has 0 fully saturated rings. The number of rotatable bonds is 10. The Bertz CT molecular complexity index is 1500. The van der Waals surface area contributed by atoms with E-state index in [9.17, 15) is 18.0 Å². The maximum absolute atomic E-state index is 14.1. The molecule has 0 radical (unpaired) electrons. The maximum atomic E-state index is 14.1. The number of hydrogen-bond acceptors (Lipinski definition) is 6. The van der Waals surface area contributed by atoms with Gasteiger partial charge in [0.2, 0.25) is 11.8 Å². The Morgan fingerprint density at radius 2 is 1.54 bits per heavy atom. The van der Waals surface area contributed by atoms with Crippen LogP contribution in [0.15, 0.2) is 71.6 Å².